The predicted octanol–water partition coefficient (Wildman–Crippen LogP) is 3.47. The quantitative estimate of drug-likeness (QED) is 0.670. The zero-order valence-corrected chi connectivity index (χ0v) is 15.2. The molecule has 5 nitrogen and oxygen atoms in total. The van der Waals surface area contributed by atoms with Gasteiger partial charge < -0.3 is 9.30 Å². The van der Waals surface area contributed by atoms with Crippen molar-refractivity contribution in [2.24, 2.45) is 0 Å². The van der Waals surface area contributed by atoms with Crippen LogP contribution in [0.2, 0.25) is 0 Å². The van der Waals surface area contributed by atoms with Gasteiger partial charge in [0.2, 0.25) is 0 Å². The summed E-state index contributed by atoms with van der Waals surface area (Å²) in [7, 11) is 0. The molecular formula is C21H23FN4O. The number of benzene rings is 1. The third-order valence-corrected chi connectivity index (χ3v) is 4.87. The van der Waals surface area contributed by atoms with E-state index in [1.165, 1.54) is 12.1 Å². The van der Waals surface area contributed by atoms with Crippen molar-refractivity contribution in [1.82, 2.24) is 19.4 Å². The van der Waals surface area contributed by atoms with Crippen molar-refractivity contribution in [3.63, 3.8) is 0 Å². The first kappa shape index (κ1) is 17.8. The third-order valence-electron chi connectivity index (χ3n) is 4.87. The highest BCUT2D eigenvalue weighted by molar-refractivity contribution is 5.78. The fraction of sp³-hybridized carbons (Fsp3) is 0.333. The molecule has 0 bridgehead atoms. The number of imidazole rings is 1. The predicted molar refractivity (Wildman–Crippen MR) is 103 cm³/mol. The zero-order valence-electron chi connectivity index (χ0n) is 15.2. The lowest BCUT2D eigenvalue weighted by molar-refractivity contribution is 0.0369. The monoisotopic (exact) mass is 366 g/mol. The molecule has 4 rings (SSSR count). The van der Waals surface area contributed by atoms with Crippen LogP contribution in [0.3, 0.4) is 0 Å². The lowest BCUT2D eigenvalue weighted by Crippen LogP contribution is -2.37. The van der Waals surface area contributed by atoms with Crippen LogP contribution in [0.25, 0.3) is 22.5 Å². The number of ether oxygens (including phenoxy) is 1. The molecule has 140 valence electrons. The van der Waals surface area contributed by atoms with Gasteiger partial charge in [-0.25, -0.2) is 9.37 Å². The van der Waals surface area contributed by atoms with Gasteiger partial charge in [0.15, 0.2) is 0 Å². The molecule has 0 spiro atoms. The molecule has 1 saturated heterocycles. The molecule has 1 aromatic carbocycles. The molecule has 0 atom stereocenters. The molecule has 2 aromatic heterocycles. The lowest BCUT2D eigenvalue weighted by Gasteiger charge is -2.26. The number of morpholine rings is 1. The van der Waals surface area contributed by atoms with E-state index >= 15 is 0 Å². The first-order valence-electron chi connectivity index (χ1n) is 9.33. The highest BCUT2D eigenvalue weighted by Gasteiger charge is 2.16. The van der Waals surface area contributed by atoms with Gasteiger partial charge in [-0.15, -0.1) is 0 Å². The van der Waals surface area contributed by atoms with Crippen molar-refractivity contribution in [1.29, 1.82) is 0 Å². The molecule has 0 N–H and O–H groups in total. The van der Waals surface area contributed by atoms with Crippen LogP contribution in [0.15, 0.2) is 55.1 Å². The second-order valence-corrected chi connectivity index (χ2v) is 6.69. The number of pyridine rings is 1. The van der Waals surface area contributed by atoms with Crippen LogP contribution in [-0.4, -0.2) is 52.3 Å². The van der Waals surface area contributed by atoms with Gasteiger partial charge in [0.05, 0.1) is 30.9 Å². The summed E-state index contributed by atoms with van der Waals surface area (Å²) in [6.45, 7) is 5.55. The number of aromatic nitrogens is 3. The standard InChI is InChI=1S/C21H23FN4O/c22-19-6-4-17(5-7-19)20-21(18-3-1-8-23-15-18)26(16-24-20)10-2-9-25-11-13-27-14-12-25/h1,3-8,15-16H,2,9-14H2. The number of aryl methyl sites for hydroxylation is 1. The number of nitrogens with zero attached hydrogens (tertiary/aromatic N) is 4. The molecule has 3 aromatic rings. The second kappa shape index (κ2) is 8.41. The highest BCUT2D eigenvalue weighted by atomic mass is 19.1. The first-order valence-corrected chi connectivity index (χ1v) is 9.33. The highest BCUT2D eigenvalue weighted by Crippen LogP contribution is 2.31. The maximum absolute atomic E-state index is 13.3. The molecule has 0 unspecified atom stereocenters. The summed E-state index contributed by atoms with van der Waals surface area (Å²) < 4.78 is 20.9. The normalized spacial score (nSPS) is 15.1. The number of rotatable bonds is 6. The van der Waals surface area contributed by atoms with Crippen LogP contribution in [0.1, 0.15) is 6.42 Å². The second-order valence-electron chi connectivity index (χ2n) is 6.69. The van der Waals surface area contributed by atoms with E-state index in [4.69, 9.17) is 4.74 Å². The number of hydrogen-bond donors (Lipinski definition) is 0. The minimum absolute atomic E-state index is 0.244. The Kier molecular flexibility index (Phi) is 5.55. The van der Waals surface area contributed by atoms with Crippen LogP contribution < -0.4 is 0 Å². The minimum Gasteiger partial charge on any atom is -0.379 e. The van der Waals surface area contributed by atoms with Gasteiger partial charge in [0.1, 0.15) is 5.82 Å². The summed E-state index contributed by atoms with van der Waals surface area (Å²) in [5.74, 6) is -0.244. The van der Waals surface area contributed by atoms with Crippen LogP contribution in [0, 0.1) is 5.82 Å². The topological polar surface area (TPSA) is 43.2 Å². The molecule has 6 heteroatoms. The van der Waals surface area contributed by atoms with E-state index in [9.17, 15) is 4.39 Å². The lowest BCUT2D eigenvalue weighted by atomic mass is 10.1. The van der Waals surface area contributed by atoms with Gasteiger partial charge >= 0.3 is 0 Å². The Morgan fingerprint density at radius 2 is 1.81 bits per heavy atom. The average Bonchev–Trinajstić information content (AvgIpc) is 3.14. The molecule has 0 aliphatic carbocycles. The van der Waals surface area contributed by atoms with Gasteiger partial charge in [0, 0.05) is 49.7 Å². The van der Waals surface area contributed by atoms with E-state index in [1.54, 1.807) is 18.3 Å². The van der Waals surface area contributed by atoms with Gasteiger partial charge in [-0.1, -0.05) is 0 Å². The van der Waals surface area contributed by atoms with Gasteiger partial charge in [-0.3, -0.25) is 9.88 Å². The largest absolute Gasteiger partial charge is 0.379 e. The van der Waals surface area contributed by atoms with Gasteiger partial charge in [0.25, 0.3) is 0 Å². The maximum Gasteiger partial charge on any atom is 0.123 e. The molecule has 0 radical (unpaired) electrons. The Morgan fingerprint density at radius 3 is 2.56 bits per heavy atom. The summed E-state index contributed by atoms with van der Waals surface area (Å²) >= 11 is 0. The SMILES string of the molecule is Fc1ccc(-c2ncn(CCCN3CCOCC3)c2-c2cccnc2)cc1. The van der Waals surface area contributed by atoms with E-state index in [2.05, 4.69) is 19.4 Å². The molecule has 1 fully saturated rings. The maximum atomic E-state index is 13.3. The van der Waals surface area contributed by atoms with Crippen molar-refractivity contribution in [2.75, 3.05) is 32.8 Å². The van der Waals surface area contributed by atoms with Crippen molar-refractivity contribution < 1.29 is 9.13 Å². The van der Waals surface area contributed by atoms with Gasteiger partial charge in [-0.2, -0.15) is 0 Å². The Bertz CT molecular complexity index is 858. The first-order chi connectivity index (χ1) is 13.3. The Morgan fingerprint density at radius 1 is 1.00 bits per heavy atom. The number of halogens is 1. The average molecular weight is 366 g/mol. The van der Waals surface area contributed by atoms with E-state index < -0.39 is 0 Å². The molecule has 1 aliphatic heterocycles. The molecule has 0 amide bonds. The van der Waals surface area contributed by atoms with Crippen LogP contribution >= 0.6 is 0 Å². The number of hydrogen-bond acceptors (Lipinski definition) is 4. The molecule has 1 aliphatic rings. The van der Waals surface area contributed by atoms with Crippen molar-refractivity contribution in [2.45, 2.75) is 13.0 Å². The summed E-state index contributed by atoms with van der Waals surface area (Å²) in [4.78, 5) is 11.3. The minimum atomic E-state index is -0.244. The molecular weight excluding hydrogens is 343 g/mol. The summed E-state index contributed by atoms with van der Waals surface area (Å²) in [5.41, 5.74) is 3.80. The summed E-state index contributed by atoms with van der Waals surface area (Å²) in [6.07, 6.45) is 6.52. The summed E-state index contributed by atoms with van der Waals surface area (Å²) in [6, 6.07) is 10.5. The smallest absolute Gasteiger partial charge is 0.123 e. The summed E-state index contributed by atoms with van der Waals surface area (Å²) in [5, 5.41) is 0. The van der Waals surface area contributed by atoms with Gasteiger partial charge in [-0.05, 0) is 42.8 Å². The Hall–Kier alpha value is -2.57. The van der Waals surface area contributed by atoms with Crippen LogP contribution in [0.4, 0.5) is 4.39 Å². The fourth-order valence-electron chi connectivity index (χ4n) is 3.47. The van der Waals surface area contributed by atoms with E-state index in [-0.39, 0.29) is 5.82 Å². The van der Waals surface area contributed by atoms with Crippen molar-refractivity contribution >= 4 is 0 Å². The van der Waals surface area contributed by atoms with E-state index in [0.29, 0.717) is 0 Å². The molecule has 0 saturated carbocycles. The van der Waals surface area contributed by atoms with E-state index in [1.807, 2.05) is 24.7 Å². The Balaban J connectivity index is 1.58. The molecule has 3 heterocycles. The fourth-order valence-corrected chi connectivity index (χ4v) is 3.47. The molecule has 27 heavy (non-hydrogen) atoms. The van der Waals surface area contributed by atoms with Crippen LogP contribution in [-0.2, 0) is 11.3 Å². The van der Waals surface area contributed by atoms with Crippen molar-refractivity contribution in [3.8, 4) is 22.5 Å². The van der Waals surface area contributed by atoms with Crippen LogP contribution in [0.5, 0.6) is 0 Å². The third kappa shape index (κ3) is 4.23. The Labute approximate surface area is 158 Å². The van der Waals surface area contributed by atoms with E-state index in [0.717, 1.165) is 68.3 Å². The zero-order chi connectivity index (χ0) is 18.5. The van der Waals surface area contributed by atoms with Crippen molar-refractivity contribution in [3.05, 3.63) is 60.9 Å².